The highest BCUT2D eigenvalue weighted by molar-refractivity contribution is 7.13. The van der Waals surface area contributed by atoms with Gasteiger partial charge in [-0.1, -0.05) is 41.7 Å². The molecule has 1 amide bonds. The van der Waals surface area contributed by atoms with Crippen LogP contribution in [0.1, 0.15) is 45.8 Å². The fraction of sp³-hybridized carbons (Fsp3) is 0.240. The average molecular weight is 461 g/mol. The van der Waals surface area contributed by atoms with Gasteiger partial charge in [0.05, 0.1) is 18.3 Å². The second-order valence-electron chi connectivity index (χ2n) is 7.79. The fourth-order valence-electron chi connectivity index (χ4n) is 3.77. The molecule has 1 N–H and O–H groups in total. The minimum atomic E-state index is -0.158. The zero-order valence-electron chi connectivity index (χ0n) is 18.2. The number of nitrogens with one attached hydrogen (secondary N) is 1. The molecule has 8 heteroatoms. The molecule has 7 nitrogen and oxygen atoms in total. The number of aryl methyl sites for hydroxylation is 2. The van der Waals surface area contributed by atoms with Gasteiger partial charge in [0.15, 0.2) is 0 Å². The van der Waals surface area contributed by atoms with Crippen LogP contribution >= 0.6 is 11.3 Å². The molecule has 0 radical (unpaired) electrons. The van der Waals surface area contributed by atoms with Crippen molar-refractivity contribution in [3.8, 4) is 16.7 Å². The Kier molecular flexibility index (Phi) is 6.08. The van der Waals surface area contributed by atoms with Gasteiger partial charge in [0.1, 0.15) is 17.6 Å². The summed E-state index contributed by atoms with van der Waals surface area (Å²) in [6.07, 6.45) is 6.97. The fourth-order valence-corrected chi connectivity index (χ4v) is 4.49. The molecule has 33 heavy (non-hydrogen) atoms. The number of rotatable bonds is 7. The zero-order valence-corrected chi connectivity index (χ0v) is 19.0. The highest BCUT2D eigenvalue weighted by atomic mass is 32.1. The number of amides is 1. The van der Waals surface area contributed by atoms with Crippen LogP contribution in [0.3, 0.4) is 0 Å². The Bertz CT molecular complexity index is 1250. The van der Waals surface area contributed by atoms with Crippen molar-refractivity contribution in [2.24, 2.45) is 0 Å². The summed E-state index contributed by atoms with van der Waals surface area (Å²) in [6.45, 7) is 3.09. The van der Waals surface area contributed by atoms with Crippen molar-refractivity contribution in [1.82, 2.24) is 20.1 Å². The Hall–Kier alpha value is -3.65. The summed E-state index contributed by atoms with van der Waals surface area (Å²) in [5.41, 5.74) is 2.88. The highest BCUT2D eigenvalue weighted by Crippen LogP contribution is 2.38. The van der Waals surface area contributed by atoms with E-state index in [4.69, 9.17) is 9.47 Å². The number of hydrogen-bond acceptors (Lipinski definition) is 6. The van der Waals surface area contributed by atoms with E-state index in [1.165, 1.54) is 16.9 Å². The number of carbonyl (C=O) groups excluding carboxylic acids is 1. The Balaban J connectivity index is 1.18. The van der Waals surface area contributed by atoms with Crippen molar-refractivity contribution >= 4 is 17.2 Å². The lowest BCUT2D eigenvalue weighted by Gasteiger charge is -2.26. The van der Waals surface area contributed by atoms with E-state index in [9.17, 15) is 4.79 Å². The van der Waals surface area contributed by atoms with E-state index in [1.807, 2.05) is 43.3 Å². The van der Waals surface area contributed by atoms with Crippen molar-refractivity contribution in [3.05, 3.63) is 88.7 Å². The van der Waals surface area contributed by atoms with Gasteiger partial charge in [-0.05, 0) is 49.1 Å². The van der Waals surface area contributed by atoms with Crippen LogP contribution in [0.2, 0.25) is 0 Å². The number of benzene rings is 2. The van der Waals surface area contributed by atoms with E-state index in [0.29, 0.717) is 17.3 Å². The van der Waals surface area contributed by atoms with E-state index in [0.717, 1.165) is 41.3 Å². The maximum atomic E-state index is 12.3. The standard InChI is InChI=1S/C25H24N4O3S/c1-2-29-16-19(13-28-29)24(30)26-14-21-15-27-25(33-21)31-20-9-11-23-18(12-20)8-10-22(32-23)17-6-4-3-5-7-17/h3-7,9,11-13,15-16,22H,2,8,10,14H2,1H3,(H,26,30). The molecule has 4 aromatic rings. The third kappa shape index (κ3) is 4.90. The lowest BCUT2D eigenvalue weighted by molar-refractivity contribution is 0.0951. The van der Waals surface area contributed by atoms with Crippen LogP contribution < -0.4 is 14.8 Å². The van der Waals surface area contributed by atoms with Crippen molar-refractivity contribution < 1.29 is 14.3 Å². The monoisotopic (exact) mass is 460 g/mol. The SMILES string of the molecule is CCn1cc(C(=O)NCc2cnc(Oc3ccc4c(c3)CCC(c3ccccc3)O4)s2)cn1. The van der Waals surface area contributed by atoms with Gasteiger partial charge < -0.3 is 14.8 Å². The number of hydrogen-bond donors (Lipinski definition) is 1. The van der Waals surface area contributed by atoms with E-state index in [-0.39, 0.29) is 12.0 Å². The first-order chi connectivity index (χ1) is 16.2. The molecule has 1 aliphatic heterocycles. The largest absolute Gasteiger partial charge is 0.485 e. The van der Waals surface area contributed by atoms with E-state index >= 15 is 0 Å². The number of aromatic nitrogens is 3. The average Bonchev–Trinajstić information content (AvgIpc) is 3.52. The molecule has 3 heterocycles. The van der Waals surface area contributed by atoms with Gasteiger partial charge in [0.25, 0.3) is 11.1 Å². The number of carbonyl (C=O) groups is 1. The van der Waals surface area contributed by atoms with E-state index < -0.39 is 0 Å². The van der Waals surface area contributed by atoms with Crippen LogP contribution in [-0.4, -0.2) is 20.7 Å². The molecule has 5 rings (SSSR count). The topological polar surface area (TPSA) is 78.3 Å². The molecular formula is C25H24N4O3S. The third-order valence-electron chi connectivity index (χ3n) is 5.53. The van der Waals surface area contributed by atoms with Gasteiger partial charge in [-0.15, -0.1) is 0 Å². The molecule has 0 fully saturated rings. The summed E-state index contributed by atoms with van der Waals surface area (Å²) in [7, 11) is 0. The first-order valence-electron chi connectivity index (χ1n) is 11.0. The molecule has 0 aliphatic carbocycles. The number of fused-ring (bicyclic) bond motifs is 1. The van der Waals surface area contributed by atoms with Crippen LogP contribution in [0.15, 0.2) is 67.1 Å². The van der Waals surface area contributed by atoms with Crippen molar-refractivity contribution in [3.63, 3.8) is 0 Å². The predicted octanol–water partition coefficient (Wildman–Crippen LogP) is 5.15. The van der Waals surface area contributed by atoms with Gasteiger partial charge in [0, 0.05) is 23.8 Å². The molecule has 0 spiro atoms. The van der Waals surface area contributed by atoms with Crippen molar-refractivity contribution in [1.29, 1.82) is 0 Å². The Morgan fingerprint density at radius 1 is 1.24 bits per heavy atom. The van der Waals surface area contributed by atoms with Crippen LogP contribution in [0.4, 0.5) is 0 Å². The molecule has 2 aromatic heterocycles. The lowest BCUT2D eigenvalue weighted by Crippen LogP contribution is -2.21. The summed E-state index contributed by atoms with van der Waals surface area (Å²) in [5.74, 6) is 1.47. The van der Waals surface area contributed by atoms with Gasteiger partial charge in [0.2, 0.25) is 0 Å². The quantitative estimate of drug-likeness (QED) is 0.413. The minimum Gasteiger partial charge on any atom is -0.485 e. The smallest absolute Gasteiger partial charge is 0.278 e. The summed E-state index contributed by atoms with van der Waals surface area (Å²) < 4.78 is 13.9. The Labute approximate surface area is 196 Å². The van der Waals surface area contributed by atoms with Gasteiger partial charge in [-0.2, -0.15) is 5.10 Å². The predicted molar refractivity (Wildman–Crippen MR) is 126 cm³/mol. The molecule has 1 aliphatic rings. The van der Waals surface area contributed by atoms with Crippen LogP contribution in [0.25, 0.3) is 0 Å². The first kappa shape index (κ1) is 21.2. The Morgan fingerprint density at radius 2 is 2.12 bits per heavy atom. The molecule has 0 saturated heterocycles. The van der Waals surface area contributed by atoms with Gasteiger partial charge >= 0.3 is 0 Å². The van der Waals surface area contributed by atoms with E-state index in [2.05, 4.69) is 27.5 Å². The number of nitrogens with zero attached hydrogens (tertiary/aromatic N) is 3. The zero-order chi connectivity index (χ0) is 22.6. The normalized spacial score (nSPS) is 14.9. The number of ether oxygens (including phenoxy) is 2. The van der Waals surface area contributed by atoms with Crippen LogP contribution in [-0.2, 0) is 19.5 Å². The second-order valence-corrected chi connectivity index (χ2v) is 8.87. The molecule has 1 unspecified atom stereocenters. The summed E-state index contributed by atoms with van der Waals surface area (Å²) in [6, 6.07) is 16.2. The summed E-state index contributed by atoms with van der Waals surface area (Å²) in [4.78, 5) is 17.5. The minimum absolute atomic E-state index is 0.0820. The van der Waals surface area contributed by atoms with Crippen LogP contribution in [0, 0.1) is 0 Å². The molecule has 0 saturated carbocycles. The maximum Gasteiger partial charge on any atom is 0.278 e. The molecule has 168 valence electrons. The molecule has 1 atom stereocenters. The lowest BCUT2D eigenvalue weighted by atomic mass is 9.97. The van der Waals surface area contributed by atoms with Gasteiger partial charge in [-0.25, -0.2) is 4.98 Å². The molecular weight excluding hydrogens is 436 g/mol. The van der Waals surface area contributed by atoms with Gasteiger partial charge in [-0.3, -0.25) is 9.48 Å². The first-order valence-corrected chi connectivity index (χ1v) is 11.8. The molecule has 2 aromatic carbocycles. The van der Waals surface area contributed by atoms with Crippen molar-refractivity contribution in [2.75, 3.05) is 0 Å². The van der Waals surface area contributed by atoms with Crippen molar-refractivity contribution in [2.45, 2.75) is 39.0 Å². The summed E-state index contributed by atoms with van der Waals surface area (Å²) >= 11 is 1.41. The highest BCUT2D eigenvalue weighted by Gasteiger charge is 2.22. The van der Waals surface area contributed by atoms with E-state index in [1.54, 1.807) is 23.3 Å². The Morgan fingerprint density at radius 3 is 2.94 bits per heavy atom. The number of thiazole rings is 1. The molecule has 0 bridgehead atoms. The third-order valence-corrected chi connectivity index (χ3v) is 6.40. The second kappa shape index (κ2) is 9.46. The maximum absolute atomic E-state index is 12.3. The summed E-state index contributed by atoms with van der Waals surface area (Å²) in [5, 5.41) is 7.56. The van der Waals surface area contributed by atoms with Crippen LogP contribution in [0.5, 0.6) is 16.7 Å².